The van der Waals surface area contributed by atoms with Crippen LogP contribution < -0.4 is 0 Å². The van der Waals surface area contributed by atoms with E-state index in [0.717, 1.165) is 6.42 Å². The molecule has 0 heterocycles. The summed E-state index contributed by atoms with van der Waals surface area (Å²) in [6.07, 6.45) is 5.32. The van der Waals surface area contributed by atoms with E-state index in [9.17, 15) is 0 Å². The second-order valence-electron chi connectivity index (χ2n) is 1.91. The van der Waals surface area contributed by atoms with E-state index in [4.69, 9.17) is 0 Å². The van der Waals surface area contributed by atoms with Gasteiger partial charge in [0.25, 0.3) is 0 Å². The Labute approximate surface area is 64.1 Å². The Balaban J connectivity index is 2.45. The van der Waals surface area contributed by atoms with E-state index in [1.165, 1.54) is 50.9 Å². The van der Waals surface area contributed by atoms with Crippen LogP contribution in [-0.2, 0) is 0 Å². The minimum atomic E-state index is 1.13. The van der Waals surface area contributed by atoms with Crippen molar-refractivity contribution in [3.8, 4) is 0 Å². The van der Waals surface area contributed by atoms with Crippen molar-refractivity contribution in [3.05, 3.63) is 6.92 Å². The first-order valence-electron chi connectivity index (χ1n) is 3.21. The minimum absolute atomic E-state index is 1.13. The zero-order chi connectivity index (χ0) is 5.54. The van der Waals surface area contributed by atoms with Crippen molar-refractivity contribution in [3.63, 3.8) is 0 Å². The van der Waals surface area contributed by atoms with Gasteiger partial charge in [-0.3, -0.25) is 0 Å². The Kier molecular flexibility index (Phi) is 8.00. The van der Waals surface area contributed by atoms with Gasteiger partial charge >= 0.3 is 64.2 Å². The Morgan fingerprint density at radius 1 is 1.14 bits per heavy atom. The summed E-state index contributed by atoms with van der Waals surface area (Å²) in [6.45, 7) is 3.77. The van der Waals surface area contributed by atoms with E-state index in [1.54, 1.807) is 0 Å². The molecule has 0 atom stereocenters. The molecule has 0 saturated heterocycles. The topological polar surface area (TPSA) is 0 Å². The van der Waals surface area contributed by atoms with Gasteiger partial charge in [-0.15, -0.1) is 0 Å². The van der Waals surface area contributed by atoms with E-state index in [2.05, 4.69) is 6.92 Å². The van der Waals surface area contributed by atoms with E-state index in [-0.39, 0.29) is 0 Å². The van der Waals surface area contributed by atoms with E-state index in [1.807, 2.05) is 0 Å². The molecule has 0 amide bonds. The Bertz CT molecular complexity index is 23.4. The van der Waals surface area contributed by atoms with Gasteiger partial charge in [0.05, 0.1) is 0 Å². The molecular weight excluding hydrogens is 95.1 g/mol. The SMILES string of the molecule is [CH2]CCCC[CH2][Na]. The summed E-state index contributed by atoms with van der Waals surface area (Å²) in [6, 6.07) is 0. The van der Waals surface area contributed by atoms with Crippen LogP contribution >= 0.6 is 0 Å². The summed E-state index contributed by atoms with van der Waals surface area (Å²) >= 11 is 1.39. The molecule has 0 aromatic heterocycles. The second kappa shape index (κ2) is 7.00. The Hall–Kier alpha value is 1.00. The molecular formula is C6H12Na. The molecule has 0 aliphatic heterocycles. The van der Waals surface area contributed by atoms with Crippen LogP contribution in [0.4, 0.5) is 0 Å². The zero-order valence-electron chi connectivity index (χ0n) is 5.24. The number of rotatable bonds is 4. The zero-order valence-corrected chi connectivity index (χ0v) is 7.24. The van der Waals surface area contributed by atoms with Crippen molar-refractivity contribution in [1.29, 1.82) is 0 Å². The van der Waals surface area contributed by atoms with Gasteiger partial charge in [0.15, 0.2) is 0 Å². The molecule has 0 spiro atoms. The second-order valence-corrected chi connectivity index (χ2v) is 2.91. The molecule has 0 unspecified atom stereocenters. The number of unbranched alkanes of at least 4 members (excludes halogenated alkanes) is 3. The first kappa shape index (κ1) is 8.00. The van der Waals surface area contributed by atoms with Crippen molar-refractivity contribution >= 4 is 27.9 Å². The van der Waals surface area contributed by atoms with Crippen molar-refractivity contribution in [2.24, 2.45) is 0 Å². The maximum absolute atomic E-state index is 3.77. The molecule has 0 saturated carbocycles. The van der Waals surface area contributed by atoms with Crippen LogP contribution in [-0.4, -0.2) is 27.9 Å². The van der Waals surface area contributed by atoms with Crippen molar-refractivity contribution in [1.82, 2.24) is 0 Å². The Morgan fingerprint density at radius 2 is 1.86 bits per heavy atom. The van der Waals surface area contributed by atoms with Gasteiger partial charge in [0.2, 0.25) is 0 Å². The summed E-state index contributed by atoms with van der Waals surface area (Å²) in [5.41, 5.74) is 0. The molecule has 1 radical (unpaired) electrons. The predicted molar refractivity (Wildman–Crippen MR) is 34.4 cm³/mol. The number of hydrogen-bond donors (Lipinski definition) is 0. The third-order valence-corrected chi connectivity index (χ3v) is 1.81. The first-order valence-corrected chi connectivity index (χ1v) is 4.62. The van der Waals surface area contributed by atoms with Crippen LogP contribution in [0.5, 0.6) is 0 Å². The average Bonchev–Trinajstić information content (AvgIpc) is 1.69. The van der Waals surface area contributed by atoms with Crippen LogP contribution in [0.3, 0.4) is 0 Å². The quantitative estimate of drug-likeness (QED) is 0.380. The van der Waals surface area contributed by atoms with E-state index < -0.39 is 0 Å². The molecule has 0 nitrogen and oxygen atoms in total. The van der Waals surface area contributed by atoms with Gasteiger partial charge in [0, 0.05) is 0 Å². The van der Waals surface area contributed by atoms with Crippen LogP contribution in [0.15, 0.2) is 0 Å². The predicted octanol–water partition coefficient (Wildman–Crippen LogP) is 1.97. The first-order chi connectivity index (χ1) is 3.41. The van der Waals surface area contributed by atoms with Crippen LogP contribution in [0.2, 0.25) is 3.67 Å². The number of hydrogen-bond acceptors (Lipinski definition) is 0. The standard InChI is InChI=1S/C6H12.Na/c1-3-5-6-4-2;/h1-6H2;. The van der Waals surface area contributed by atoms with E-state index in [0.29, 0.717) is 0 Å². The summed E-state index contributed by atoms with van der Waals surface area (Å²) in [5, 5.41) is 0. The molecule has 0 aliphatic carbocycles. The van der Waals surface area contributed by atoms with Gasteiger partial charge < -0.3 is 0 Å². The molecule has 0 fully saturated rings. The van der Waals surface area contributed by atoms with Crippen molar-refractivity contribution in [2.75, 3.05) is 0 Å². The molecule has 0 aromatic rings. The van der Waals surface area contributed by atoms with Crippen LogP contribution in [0.1, 0.15) is 25.7 Å². The monoisotopic (exact) mass is 107 g/mol. The Morgan fingerprint density at radius 3 is 2.29 bits per heavy atom. The third kappa shape index (κ3) is 7.00. The van der Waals surface area contributed by atoms with Gasteiger partial charge in [-0.05, 0) is 0 Å². The molecule has 0 rings (SSSR count). The summed E-state index contributed by atoms with van der Waals surface area (Å²) in [4.78, 5) is 0. The third-order valence-electron chi connectivity index (χ3n) is 1.10. The molecule has 0 aliphatic rings. The molecule has 37 valence electrons. The van der Waals surface area contributed by atoms with Gasteiger partial charge in [-0.1, -0.05) is 0 Å². The maximum atomic E-state index is 3.77. The van der Waals surface area contributed by atoms with Gasteiger partial charge in [-0.2, -0.15) is 0 Å². The van der Waals surface area contributed by atoms with Crippen LogP contribution in [0, 0.1) is 6.92 Å². The van der Waals surface area contributed by atoms with E-state index >= 15 is 0 Å². The fraction of sp³-hybridized carbons (Fsp3) is 0.833. The fourth-order valence-electron chi connectivity index (χ4n) is 0.604. The van der Waals surface area contributed by atoms with Crippen molar-refractivity contribution in [2.45, 2.75) is 29.4 Å². The summed E-state index contributed by atoms with van der Waals surface area (Å²) < 4.78 is 1.47. The van der Waals surface area contributed by atoms with Crippen LogP contribution in [0.25, 0.3) is 0 Å². The van der Waals surface area contributed by atoms with Crippen molar-refractivity contribution < 1.29 is 0 Å². The molecule has 0 bridgehead atoms. The fourth-order valence-corrected chi connectivity index (χ4v) is 1.10. The van der Waals surface area contributed by atoms with Gasteiger partial charge in [-0.25, -0.2) is 0 Å². The average molecular weight is 107 g/mol. The summed E-state index contributed by atoms with van der Waals surface area (Å²) in [7, 11) is 0. The normalized spacial score (nSPS) is 9.57. The molecule has 0 aromatic carbocycles. The summed E-state index contributed by atoms with van der Waals surface area (Å²) in [5.74, 6) is 0. The molecule has 1 heteroatoms. The molecule has 7 heavy (non-hydrogen) atoms. The molecule has 0 N–H and O–H groups in total. The van der Waals surface area contributed by atoms with Gasteiger partial charge in [0.1, 0.15) is 0 Å².